The summed E-state index contributed by atoms with van der Waals surface area (Å²) in [6.45, 7) is 2.84. The summed E-state index contributed by atoms with van der Waals surface area (Å²) in [6, 6.07) is 12.4. The molecule has 1 N–H and O–H groups in total. The van der Waals surface area contributed by atoms with E-state index in [4.69, 9.17) is 9.47 Å². The van der Waals surface area contributed by atoms with Crippen LogP contribution in [-0.2, 0) is 15.8 Å². The van der Waals surface area contributed by atoms with E-state index < -0.39 is 10.0 Å². The molecule has 2 aromatic carbocycles. The van der Waals surface area contributed by atoms with Gasteiger partial charge in [0, 0.05) is 10.5 Å². The molecule has 0 amide bonds. The highest BCUT2D eigenvalue weighted by Crippen LogP contribution is 2.32. The van der Waals surface area contributed by atoms with Gasteiger partial charge in [-0.05, 0) is 42.3 Å². The van der Waals surface area contributed by atoms with Crippen molar-refractivity contribution in [3.8, 4) is 11.5 Å². The highest BCUT2D eigenvalue weighted by atomic mass is 79.9. The molecule has 0 spiro atoms. The van der Waals surface area contributed by atoms with Crippen LogP contribution in [0.25, 0.3) is 0 Å². The summed E-state index contributed by atoms with van der Waals surface area (Å²) in [4.78, 5) is 0. The number of halogens is 1. The topological polar surface area (TPSA) is 64.6 Å². The molecule has 5 nitrogen and oxygen atoms in total. The fourth-order valence-corrected chi connectivity index (χ4v) is 4.16. The van der Waals surface area contributed by atoms with Gasteiger partial charge in [0.1, 0.15) is 13.2 Å². The molecule has 0 radical (unpaired) electrons. The van der Waals surface area contributed by atoms with Crippen molar-refractivity contribution in [1.82, 2.24) is 4.72 Å². The zero-order valence-electron chi connectivity index (χ0n) is 13.2. The fourth-order valence-electron chi connectivity index (χ4n) is 2.51. The Morgan fingerprint density at radius 3 is 2.46 bits per heavy atom. The average molecular weight is 412 g/mol. The van der Waals surface area contributed by atoms with Crippen LogP contribution < -0.4 is 14.2 Å². The summed E-state index contributed by atoms with van der Waals surface area (Å²) in [5.41, 5.74) is 1.57. The molecule has 0 unspecified atom stereocenters. The number of hydrogen-bond donors (Lipinski definition) is 1. The number of hydrogen-bond acceptors (Lipinski definition) is 4. The highest BCUT2D eigenvalue weighted by molar-refractivity contribution is 9.10. The largest absolute Gasteiger partial charge is 0.486 e. The van der Waals surface area contributed by atoms with Crippen molar-refractivity contribution in [2.75, 3.05) is 13.2 Å². The van der Waals surface area contributed by atoms with E-state index in [0.717, 1.165) is 15.6 Å². The van der Waals surface area contributed by atoms with E-state index in [1.165, 1.54) is 0 Å². The normalized spacial score (nSPS) is 15.1. The Labute approximate surface area is 150 Å². The van der Waals surface area contributed by atoms with Gasteiger partial charge < -0.3 is 9.47 Å². The zero-order valence-corrected chi connectivity index (χ0v) is 15.6. The van der Waals surface area contributed by atoms with Crippen LogP contribution in [0.2, 0.25) is 0 Å². The van der Waals surface area contributed by atoms with Gasteiger partial charge in [-0.25, -0.2) is 13.1 Å². The van der Waals surface area contributed by atoms with Crippen LogP contribution >= 0.6 is 15.9 Å². The van der Waals surface area contributed by atoms with Crippen molar-refractivity contribution in [1.29, 1.82) is 0 Å². The molecule has 0 saturated heterocycles. The molecule has 0 aromatic heterocycles. The predicted octanol–water partition coefficient (Wildman–Crippen LogP) is 3.40. The van der Waals surface area contributed by atoms with E-state index in [2.05, 4.69) is 20.7 Å². The molecule has 1 aliphatic rings. The van der Waals surface area contributed by atoms with Crippen molar-refractivity contribution in [2.24, 2.45) is 0 Å². The molecule has 1 heterocycles. The van der Waals surface area contributed by atoms with Crippen LogP contribution in [0.3, 0.4) is 0 Å². The van der Waals surface area contributed by atoms with Gasteiger partial charge in [-0.2, -0.15) is 0 Å². The number of nitrogens with one attached hydrogen (secondary N) is 1. The summed E-state index contributed by atoms with van der Waals surface area (Å²) in [5.74, 6) is 1.28. The Kier molecular flexibility index (Phi) is 5.12. The number of benzene rings is 2. The third kappa shape index (κ3) is 4.28. The van der Waals surface area contributed by atoms with E-state index in [9.17, 15) is 8.42 Å². The molecule has 0 aliphatic carbocycles. The van der Waals surface area contributed by atoms with Gasteiger partial charge in [0.15, 0.2) is 11.5 Å². The monoisotopic (exact) mass is 411 g/mol. The Balaban J connectivity index is 1.71. The van der Waals surface area contributed by atoms with Crippen molar-refractivity contribution in [3.05, 3.63) is 58.1 Å². The van der Waals surface area contributed by atoms with Gasteiger partial charge >= 0.3 is 0 Å². The molecule has 1 atom stereocenters. The summed E-state index contributed by atoms with van der Waals surface area (Å²) < 4.78 is 39.4. The number of fused-ring (bicyclic) bond motifs is 1. The smallest absolute Gasteiger partial charge is 0.216 e. The fraction of sp³-hybridized carbons (Fsp3) is 0.294. The summed E-state index contributed by atoms with van der Waals surface area (Å²) in [7, 11) is -3.45. The molecule has 7 heteroatoms. The van der Waals surface area contributed by atoms with Crippen molar-refractivity contribution in [3.63, 3.8) is 0 Å². The van der Waals surface area contributed by atoms with E-state index >= 15 is 0 Å². The first-order chi connectivity index (χ1) is 11.4. The van der Waals surface area contributed by atoms with E-state index in [0.29, 0.717) is 24.7 Å². The molecule has 0 fully saturated rings. The molecular weight excluding hydrogens is 394 g/mol. The first-order valence-electron chi connectivity index (χ1n) is 7.57. The van der Waals surface area contributed by atoms with Crippen LogP contribution in [0, 0.1) is 0 Å². The number of rotatable bonds is 5. The van der Waals surface area contributed by atoms with Crippen molar-refractivity contribution < 1.29 is 17.9 Å². The maximum Gasteiger partial charge on any atom is 0.216 e. The molecule has 2 aromatic rings. The lowest BCUT2D eigenvalue weighted by Crippen LogP contribution is -2.28. The zero-order chi connectivity index (χ0) is 17.2. The molecule has 3 rings (SSSR count). The summed E-state index contributed by atoms with van der Waals surface area (Å²) in [6.07, 6.45) is 0. The number of sulfonamides is 1. The van der Waals surface area contributed by atoms with Crippen molar-refractivity contribution in [2.45, 2.75) is 18.7 Å². The average Bonchev–Trinajstić information content (AvgIpc) is 2.56. The second kappa shape index (κ2) is 7.13. The van der Waals surface area contributed by atoms with Crippen LogP contribution in [-0.4, -0.2) is 21.6 Å². The van der Waals surface area contributed by atoms with Gasteiger partial charge in [-0.3, -0.25) is 0 Å². The van der Waals surface area contributed by atoms with E-state index in [1.807, 2.05) is 37.3 Å². The maximum atomic E-state index is 12.4. The Bertz CT molecular complexity index is 821. The second-order valence-corrected chi connectivity index (χ2v) is 8.30. The van der Waals surface area contributed by atoms with E-state index in [-0.39, 0.29) is 11.8 Å². The van der Waals surface area contributed by atoms with Crippen LogP contribution in [0.4, 0.5) is 0 Å². The Morgan fingerprint density at radius 1 is 1.08 bits per heavy atom. The summed E-state index contributed by atoms with van der Waals surface area (Å²) in [5, 5.41) is 0. The van der Waals surface area contributed by atoms with Crippen molar-refractivity contribution >= 4 is 26.0 Å². The van der Waals surface area contributed by atoms with Crippen LogP contribution in [0.5, 0.6) is 11.5 Å². The molecule has 0 bridgehead atoms. The summed E-state index contributed by atoms with van der Waals surface area (Å²) >= 11 is 3.34. The molecule has 128 valence electrons. The molecular formula is C17H18BrNO4S. The Hall–Kier alpha value is -1.57. The van der Waals surface area contributed by atoms with Gasteiger partial charge in [0.2, 0.25) is 10.0 Å². The lowest BCUT2D eigenvalue weighted by molar-refractivity contribution is 0.171. The minimum atomic E-state index is -3.45. The van der Waals surface area contributed by atoms with Gasteiger partial charge in [0.25, 0.3) is 0 Å². The lowest BCUT2D eigenvalue weighted by Gasteiger charge is -2.21. The first kappa shape index (κ1) is 17.3. The molecule has 0 saturated carbocycles. The predicted molar refractivity (Wildman–Crippen MR) is 95.7 cm³/mol. The molecule has 1 aliphatic heterocycles. The lowest BCUT2D eigenvalue weighted by atomic mass is 10.1. The number of ether oxygens (including phenoxy) is 2. The molecule has 24 heavy (non-hydrogen) atoms. The van der Waals surface area contributed by atoms with Gasteiger partial charge in [-0.1, -0.05) is 34.1 Å². The third-order valence-corrected chi connectivity index (χ3v) is 5.65. The third-order valence-electron chi connectivity index (χ3n) is 3.69. The first-order valence-corrected chi connectivity index (χ1v) is 10.0. The highest BCUT2D eigenvalue weighted by Gasteiger charge is 2.19. The van der Waals surface area contributed by atoms with Crippen LogP contribution in [0.15, 0.2) is 46.9 Å². The maximum absolute atomic E-state index is 12.4. The minimum Gasteiger partial charge on any atom is -0.486 e. The minimum absolute atomic E-state index is 0.0603. The standard InChI is InChI=1S/C17H18BrNO4S/c1-12(14-4-7-16-17(10-14)23-9-8-22-16)19-24(20,21)11-13-2-5-15(18)6-3-13/h2-7,10,12,19H,8-9,11H2,1H3/t12-/m0/s1. The SMILES string of the molecule is C[C@H](NS(=O)(=O)Cc1ccc(Br)cc1)c1ccc2c(c1)OCCO2. The van der Waals surface area contributed by atoms with E-state index in [1.54, 1.807) is 12.1 Å². The van der Waals surface area contributed by atoms with Gasteiger partial charge in [0.05, 0.1) is 5.75 Å². The second-order valence-electron chi connectivity index (χ2n) is 5.63. The van der Waals surface area contributed by atoms with Crippen LogP contribution in [0.1, 0.15) is 24.1 Å². The van der Waals surface area contributed by atoms with Gasteiger partial charge in [-0.15, -0.1) is 0 Å². The quantitative estimate of drug-likeness (QED) is 0.818. The Morgan fingerprint density at radius 2 is 1.75 bits per heavy atom.